The molecule has 0 spiro atoms. The lowest BCUT2D eigenvalue weighted by Crippen LogP contribution is -2.56. The molecule has 2 bridgehead atoms. The average Bonchev–Trinajstić information content (AvgIpc) is 2.60. The zero-order valence-electron chi connectivity index (χ0n) is 12.6. The Morgan fingerprint density at radius 2 is 2.14 bits per heavy atom. The number of benzene rings is 1. The van der Waals surface area contributed by atoms with Crippen LogP contribution in [0, 0.1) is 11.8 Å². The average molecular weight is 298 g/mol. The van der Waals surface area contributed by atoms with Gasteiger partial charge in [-0.25, -0.2) is 0 Å². The summed E-state index contributed by atoms with van der Waals surface area (Å²) in [6.07, 6.45) is 3.41. The van der Waals surface area contributed by atoms with Gasteiger partial charge in [0.1, 0.15) is 0 Å². The molecule has 2 aromatic rings. The molecule has 5 atom stereocenters. The lowest BCUT2D eigenvalue weighted by molar-refractivity contribution is -0.0671. The molecule has 0 radical (unpaired) electrons. The topological polar surface area (TPSA) is 56.6 Å². The summed E-state index contributed by atoms with van der Waals surface area (Å²) < 4.78 is 0. The standard InChI is InChI=1S/C18H22N2O2/c21-11-13-10-20-8-6-12(13)9-17(20)18(22)15-5-7-19-16-4-2-1-3-14(15)16/h1-5,7,12-13,17-18,21-22H,6,8-11H2/t12-,13+,17-,18+/m0/s1. The molecular formula is C18H22N2O2. The maximum absolute atomic E-state index is 11.0. The van der Waals surface area contributed by atoms with Gasteiger partial charge in [-0.3, -0.25) is 9.88 Å². The molecule has 0 aliphatic carbocycles. The molecule has 3 saturated heterocycles. The van der Waals surface area contributed by atoms with E-state index in [0.29, 0.717) is 11.8 Å². The minimum atomic E-state index is -0.490. The normalized spacial score (nSPS) is 32.3. The molecule has 5 rings (SSSR count). The summed E-state index contributed by atoms with van der Waals surface area (Å²) in [5, 5.41) is 21.5. The van der Waals surface area contributed by atoms with Crippen LogP contribution in [-0.4, -0.2) is 45.8 Å². The molecule has 1 aromatic heterocycles. The highest BCUT2D eigenvalue weighted by atomic mass is 16.3. The molecule has 4 nitrogen and oxygen atoms in total. The molecule has 1 unspecified atom stereocenters. The summed E-state index contributed by atoms with van der Waals surface area (Å²) >= 11 is 0. The number of aliphatic hydroxyl groups excluding tert-OH is 2. The predicted octanol–water partition coefficient (Wildman–Crippen LogP) is 1.97. The van der Waals surface area contributed by atoms with Crippen molar-refractivity contribution < 1.29 is 10.2 Å². The molecule has 1 aromatic carbocycles. The number of fused-ring (bicyclic) bond motifs is 4. The van der Waals surface area contributed by atoms with E-state index < -0.39 is 6.10 Å². The lowest BCUT2D eigenvalue weighted by atomic mass is 9.74. The van der Waals surface area contributed by atoms with Gasteiger partial charge in [-0.2, -0.15) is 0 Å². The number of para-hydroxylation sites is 1. The molecule has 4 heterocycles. The van der Waals surface area contributed by atoms with Crippen molar-refractivity contribution in [1.82, 2.24) is 9.88 Å². The highest BCUT2D eigenvalue weighted by Gasteiger charge is 2.42. The molecule has 3 aliphatic rings. The van der Waals surface area contributed by atoms with E-state index in [2.05, 4.69) is 9.88 Å². The first kappa shape index (κ1) is 14.1. The molecule has 3 fully saturated rings. The maximum Gasteiger partial charge on any atom is 0.0952 e. The molecular weight excluding hydrogens is 276 g/mol. The number of hydrogen-bond acceptors (Lipinski definition) is 4. The Morgan fingerprint density at radius 1 is 1.27 bits per heavy atom. The van der Waals surface area contributed by atoms with E-state index in [1.54, 1.807) is 6.20 Å². The third kappa shape index (κ3) is 2.22. The van der Waals surface area contributed by atoms with Crippen LogP contribution in [0.5, 0.6) is 0 Å². The first-order valence-corrected chi connectivity index (χ1v) is 8.14. The Morgan fingerprint density at radius 3 is 2.91 bits per heavy atom. The first-order valence-electron chi connectivity index (χ1n) is 8.14. The van der Waals surface area contributed by atoms with Crippen LogP contribution in [0.4, 0.5) is 0 Å². The van der Waals surface area contributed by atoms with Gasteiger partial charge < -0.3 is 10.2 Å². The SMILES string of the molecule is OC[C@H]1CN2CC[C@H]1C[C@H]2[C@H](O)c1ccnc2ccccc12. The van der Waals surface area contributed by atoms with E-state index in [1.807, 2.05) is 30.3 Å². The molecule has 22 heavy (non-hydrogen) atoms. The zero-order chi connectivity index (χ0) is 15.1. The summed E-state index contributed by atoms with van der Waals surface area (Å²) in [6.45, 7) is 2.21. The van der Waals surface area contributed by atoms with Gasteiger partial charge in [-0.05, 0) is 48.9 Å². The monoisotopic (exact) mass is 298 g/mol. The fourth-order valence-corrected chi connectivity index (χ4v) is 4.30. The van der Waals surface area contributed by atoms with Crippen LogP contribution < -0.4 is 0 Å². The number of pyridine rings is 1. The Balaban J connectivity index is 1.66. The summed E-state index contributed by atoms with van der Waals surface area (Å²) in [6, 6.07) is 10.1. The van der Waals surface area contributed by atoms with Gasteiger partial charge in [0, 0.05) is 30.8 Å². The van der Waals surface area contributed by atoms with Crippen molar-refractivity contribution in [3.8, 4) is 0 Å². The Labute approximate surface area is 130 Å². The van der Waals surface area contributed by atoms with Crippen molar-refractivity contribution in [2.45, 2.75) is 25.0 Å². The van der Waals surface area contributed by atoms with Crippen molar-refractivity contribution in [2.75, 3.05) is 19.7 Å². The molecule has 0 amide bonds. The summed E-state index contributed by atoms with van der Waals surface area (Å²) in [7, 11) is 0. The number of hydrogen-bond donors (Lipinski definition) is 2. The largest absolute Gasteiger partial charge is 0.396 e. The fourth-order valence-electron chi connectivity index (χ4n) is 4.30. The smallest absolute Gasteiger partial charge is 0.0952 e. The van der Waals surface area contributed by atoms with E-state index >= 15 is 0 Å². The number of rotatable bonds is 3. The summed E-state index contributed by atoms with van der Waals surface area (Å²) in [5.41, 5.74) is 1.91. The molecule has 4 heteroatoms. The van der Waals surface area contributed by atoms with Crippen LogP contribution in [-0.2, 0) is 0 Å². The zero-order valence-corrected chi connectivity index (χ0v) is 12.6. The summed E-state index contributed by atoms with van der Waals surface area (Å²) in [4.78, 5) is 6.75. The van der Waals surface area contributed by atoms with Crippen LogP contribution in [0.3, 0.4) is 0 Å². The van der Waals surface area contributed by atoms with Crippen molar-refractivity contribution >= 4 is 10.9 Å². The quantitative estimate of drug-likeness (QED) is 0.909. The Bertz CT molecular complexity index is 670. The first-order chi connectivity index (χ1) is 10.8. The van der Waals surface area contributed by atoms with Gasteiger partial charge in [0.05, 0.1) is 11.6 Å². The van der Waals surface area contributed by atoms with E-state index in [4.69, 9.17) is 0 Å². The second-order valence-corrected chi connectivity index (χ2v) is 6.65. The van der Waals surface area contributed by atoms with Gasteiger partial charge in [0.2, 0.25) is 0 Å². The number of aliphatic hydroxyl groups is 2. The van der Waals surface area contributed by atoms with E-state index in [0.717, 1.165) is 42.4 Å². The minimum absolute atomic E-state index is 0.160. The van der Waals surface area contributed by atoms with Crippen molar-refractivity contribution in [3.05, 3.63) is 42.1 Å². The van der Waals surface area contributed by atoms with Gasteiger partial charge >= 0.3 is 0 Å². The highest BCUT2D eigenvalue weighted by Crippen LogP contribution is 2.41. The Kier molecular flexibility index (Phi) is 3.60. The van der Waals surface area contributed by atoms with Gasteiger partial charge in [-0.15, -0.1) is 0 Å². The van der Waals surface area contributed by atoms with Gasteiger partial charge in [-0.1, -0.05) is 18.2 Å². The van der Waals surface area contributed by atoms with Crippen LogP contribution in [0.2, 0.25) is 0 Å². The van der Waals surface area contributed by atoms with Gasteiger partial charge in [0.25, 0.3) is 0 Å². The molecule has 116 valence electrons. The van der Waals surface area contributed by atoms with Crippen LogP contribution in [0.25, 0.3) is 10.9 Å². The third-order valence-electron chi connectivity index (χ3n) is 5.54. The fraction of sp³-hybridized carbons (Fsp3) is 0.500. The van der Waals surface area contributed by atoms with Crippen molar-refractivity contribution in [2.24, 2.45) is 11.8 Å². The van der Waals surface area contributed by atoms with Crippen LogP contribution in [0.15, 0.2) is 36.5 Å². The molecule has 2 N–H and O–H groups in total. The van der Waals surface area contributed by atoms with Gasteiger partial charge in [0.15, 0.2) is 0 Å². The number of aromatic nitrogens is 1. The van der Waals surface area contributed by atoms with E-state index in [9.17, 15) is 10.2 Å². The second kappa shape index (κ2) is 5.61. The van der Waals surface area contributed by atoms with Crippen molar-refractivity contribution in [3.63, 3.8) is 0 Å². The van der Waals surface area contributed by atoms with E-state index in [1.165, 1.54) is 0 Å². The summed E-state index contributed by atoms with van der Waals surface area (Å²) in [5.74, 6) is 0.925. The number of nitrogens with zero attached hydrogens (tertiary/aromatic N) is 2. The van der Waals surface area contributed by atoms with Crippen LogP contribution in [0.1, 0.15) is 24.5 Å². The third-order valence-corrected chi connectivity index (χ3v) is 5.54. The highest BCUT2D eigenvalue weighted by molar-refractivity contribution is 5.82. The van der Waals surface area contributed by atoms with Crippen LogP contribution >= 0.6 is 0 Å². The second-order valence-electron chi connectivity index (χ2n) is 6.65. The number of piperidine rings is 3. The predicted molar refractivity (Wildman–Crippen MR) is 85.4 cm³/mol. The lowest BCUT2D eigenvalue weighted by Gasteiger charge is -2.51. The van der Waals surface area contributed by atoms with Crippen molar-refractivity contribution in [1.29, 1.82) is 0 Å². The Hall–Kier alpha value is -1.49. The van der Waals surface area contributed by atoms with E-state index in [-0.39, 0.29) is 12.6 Å². The maximum atomic E-state index is 11.0. The minimum Gasteiger partial charge on any atom is -0.396 e. The molecule has 0 saturated carbocycles. The molecule has 3 aliphatic heterocycles.